The molecule has 0 N–H and O–H groups in total. The van der Waals surface area contributed by atoms with Gasteiger partial charge in [0.2, 0.25) is 0 Å². The molecule has 0 nitrogen and oxygen atoms in total. The summed E-state index contributed by atoms with van der Waals surface area (Å²) in [6.07, 6.45) is 4.53. The van der Waals surface area contributed by atoms with Crippen LogP contribution in [0.1, 0.15) is 63.8 Å². The Hall–Kier alpha value is -1.01. The van der Waals surface area contributed by atoms with Gasteiger partial charge in [0.05, 0.1) is 0 Å². The predicted molar refractivity (Wildman–Crippen MR) is 133 cm³/mol. The minimum absolute atomic E-state index is 0. The summed E-state index contributed by atoms with van der Waals surface area (Å²) in [5.74, 6) is 0. The van der Waals surface area contributed by atoms with Gasteiger partial charge < -0.3 is 24.8 Å². The van der Waals surface area contributed by atoms with Crippen molar-refractivity contribution in [3.8, 4) is 0 Å². The van der Waals surface area contributed by atoms with Gasteiger partial charge >= 0.3 is 41.3 Å². The van der Waals surface area contributed by atoms with Gasteiger partial charge in [-0.15, -0.1) is 69.1 Å². The molecule has 0 aliphatic carbocycles. The van der Waals surface area contributed by atoms with E-state index in [1.54, 1.807) is 24.2 Å². The molecular formula is C29H36Cl2Zr-2. The summed E-state index contributed by atoms with van der Waals surface area (Å²) in [5.41, 5.74) is 5.85. The second-order valence-corrected chi connectivity index (χ2v) is 10.4. The van der Waals surface area contributed by atoms with E-state index >= 15 is 0 Å². The Morgan fingerprint density at radius 1 is 0.656 bits per heavy atom. The first-order chi connectivity index (χ1) is 14.4. The van der Waals surface area contributed by atoms with Crippen LogP contribution in [0.5, 0.6) is 0 Å². The molecule has 0 saturated heterocycles. The molecule has 0 amide bonds. The fraction of sp³-hybridized carbons (Fsp3) is 0.345. The topological polar surface area (TPSA) is 0 Å². The Kier molecular flexibility index (Phi) is 15.3. The summed E-state index contributed by atoms with van der Waals surface area (Å²) < 4.78 is 1.51. The number of aryl methyl sites for hydroxylation is 4. The summed E-state index contributed by atoms with van der Waals surface area (Å²) in [6.45, 7) is 13.1. The van der Waals surface area contributed by atoms with Gasteiger partial charge in [-0.2, -0.15) is 12.1 Å². The van der Waals surface area contributed by atoms with Crippen molar-refractivity contribution in [3.63, 3.8) is 0 Å². The van der Waals surface area contributed by atoms with Crippen LogP contribution in [0.25, 0.3) is 21.5 Å². The first kappa shape index (κ1) is 31.0. The van der Waals surface area contributed by atoms with E-state index in [1.165, 1.54) is 47.0 Å². The number of benzene rings is 2. The van der Waals surface area contributed by atoms with Crippen molar-refractivity contribution in [1.29, 1.82) is 0 Å². The predicted octanol–water partition coefficient (Wildman–Crippen LogP) is 2.12. The van der Waals surface area contributed by atoms with Crippen molar-refractivity contribution in [2.75, 3.05) is 0 Å². The smallest absolute Gasteiger partial charge is 1.00 e. The fourth-order valence-corrected chi connectivity index (χ4v) is 3.75. The summed E-state index contributed by atoms with van der Waals surface area (Å²) >= 11 is 1.55. The SMILES string of the molecule is CCc1cc2c(CC)cccc2[cH-]1.CCc1cc2c(CC)cccc2[cH-]1.C[C](C)=[Zr+2].[Cl-].[Cl-]. The van der Waals surface area contributed by atoms with Crippen molar-refractivity contribution in [1.82, 2.24) is 0 Å². The minimum atomic E-state index is 0. The molecule has 32 heavy (non-hydrogen) atoms. The van der Waals surface area contributed by atoms with Crippen molar-refractivity contribution >= 4 is 24.8 Å². The Morgan fingerprint density at radius 2 is 1.00 bits per heavy atom. The van der Waals surface area contributed by atoms with Gasteiger partial charge in [0.25, 0.3) is 0 Å². The first-order valence-corrected chi connectivity index (χ1v) is 12.5. The standard InChI is InChI=1S/2C13H15.C3H6.2ClH.Zr/c2*1-3-10-8-12-7-5-6-11(4-2)13(12)9-10;1-3-2;;;/h2*5-9H,3-4H2,1-2H3;1-2H3;2*1H;/q2*-1;;;;+2/p-2. The molecule has 0 fully saturated rings. The van der Waals surface area contributed by atoms with E-state index in [9.17, 15) is 0 Å². The largest absolute Gasteiger partial charge is 1.00 e. The molecule has 0 heterocycles. The average molecular weight is 547 g/mol. The van der Waals surface area contributed by atoms with Crippen molar-refractivity contribution in [3.05, 3.63) is 82.9 Å². The molecule has 4 aromatic carbocycles. The van der Waals surface area contributed by atoms with Crippen LogP contribution in [-0.4, -0.2) is 3.21 Å². The van der Waals surface area contributed by atoms with Gasteiger partial charge in [0, 0.05) is 0 Å². The molecule has 0 radical (unpaired) electrons. The van der Waals surface area contributed by atoms with Gasteiger partial charge in [0.1, 0.15) is 0 Å². The molecule has 0 aliphatic heterocycles. The molecule has 0 unspecified atom stereocenters. The van der Waals surface area contributed by atoms with E-state index < -0.39 is 0 Å². The van der Waals surface area contributed by atoms with E-state index in [4.69, 9.17) is 0 Å². The summed E-state index contributed by atoms with van der Waals surface area (Å²) in [7, 11) is 0. The van der Waals surface area contributed by atoms with E-state index in [-0.39, 0.29) is 24.8 Å². The molecular weight excluding hydrogens is 510 g/mol. The summed E-state index contributed by atoms with van der Waals surface area (Å²) in [5, 5.41) is 5.69. The van der Waals surface area contributed by atoms with Crippen LogP contribution in [-0.2, 0) is 49.9 Å². The van der Waals surface area contributed by atoms with Gasteiger partial charge in [-0.3, -0.25) is 0 Å². The van der Waals surface area contributed by atoms with E-state index in [2.05, 4.69) is 102 Å². The minimum Gasteiger partial charge on any atom is -1.00 e. The van der Waals surface area contributed by atoms with Crippen LogP contribution >= 0.6 is 0 Å². The zero-order valence-corrected chi connectivity index (χ0v) is 24.3. The first-order valence-electron chi connectivity index (χ1n) is 11.3. The third-order valence-corrected chi connectivity index (χ3v) is 5.38. The van der Waals surface area contributed by atoms with Gasteiger partial charge in [-0.05, 0) is 25.7 Å². The maximum Gasteiger partial charge on any atom is -1.00 e. The van der Waals surface area contributed by atoms with Gasteiger partial charge in [0.15, 0.2) is 0 Å². The van der Waals surface area contributed by atoms with Gasteiger partial charge in [-0.1, -0.05) is 51.0 Å². The van der Waals surface area contributed by atoms with Crippen LogP contribution < -0.4 is 24.8 Å². The quantitative estimate of drug-likeness (QED) is 0.344. The van der Waals surface area contributed by atoms with Crippen molar-refractivity contribution in [2.45, 2.75) is 67.2 Å². The van der Waals surface area contributed by atoms with Crippen LogP contribution in [0, 0.1) is 0 Å². The van der Waals surface area contributed by atoms with Crippen LogP contribution in [0.4, 0.5) is 0 Å². The van der Waals surface area contributed by atoms with Crippen molar-refractivity contribution in [2.24, 2.45) is 0 Å². The number of hydrogen-bond acceptors (Lipinski definition) is 0. The second kappa shape index (κ2) is 15.8. The van der Waals surface area contributed by atoms with Crippen LogP contribution in [0.15, 0.2) is 60.7 Å². The van der Waals surface area contributed by atoms with Crippen LogP contribution in [0.2, 0.25) is 0 Å². The maximum atomic E-state index is 2.33. The molecule has 0 atom stereocenters. The fourth-order valence-electron chi connectivity index (χ4n) is 3.75. The van der Waals surface area contributed by atoms with E-state index in [0.29, 0.717) is 0 Å². The molecule has 0 bridgehead atoms. The molecule has 4 aromatic rings. The summed E-state index contributed by atoms with van der Waals surface area (Å²) in [4.78, 5) is 0. The molecule has 0 aliphatic rings. The van der Waals surface area contributed by atoms with Crippen LogP contribution in [0.3, 0.4) is 0 Å². The van der Waals surface area contributed by atoms with E-state index in [0.717, 1.165) is 25.7 Å². The molecule has 172 valence electrons. The third kappa shape index (κ3) is 8.74. The Balaban J connectivity index is 0.000000490. The van der Waals surface area contributed by atoms with E-state index in [1.807, 2.05) is 0 Å². The molecule has 0 aromatic heterocycles. The zero-order valence-electron chi connectivity index (χ0n) is 20.4. The average Bonchev–Trinajstić information content (AvgIpc) is 3.36. The molecule has 3 heteroatoms. The van der Waals surface area contributed by atoms with Crippen molar-refractivity contribution < 1.29 is 49.0 Å². The Bertz CT molecular complexity index is 999. The Morgan fingerprint density at radius 3 is 1.28 bits per heavy atom. The maximum absolute atomic E-state index is 2.33. The number of halogens is 2. The normalized spacial score (nSPS) is 9.75. The third-order valence-electron chi connectivity index (χ3n) is 5.38. The molecule has 0 spiro atoms. The number of hydrogen-bond donors (Lipinski definition) is 0. The Labute approximate surface area is 222 Å². The zero-order chi connectivity index (χ0) is 22.1. The number of rotatable bonds is 4. The molecule has 4 rings (SSSR count). The number of fused-ring (bicyclic) bond motifs is 2. The monoisotopic (exact) mass is 544 g/mol. The second-order valence-electron chi connectivity index (χ2n) is 7.98. The summed E-state index contributed by atoms with van der Waals surface area (Å²) in [6, 6.07) is 22.4. The molecule has 0 saturated carbocycles. The van der Waals surface area contributed by atoms with Gasteiger partial charge in [-0.25, -0.2) is 0 Å².